The van der Waals surface area contributed by atoms with Crippen molar-refractivity contribution in [2.24, 2.45) is 7.05 Å². The number of hydrogen-bond donors (Lipinski definition) is 1. The highest BCUT2D eigenvalue weighted by molar-refractivity contribution is 7.13. The molecule has 18 heavy (non-hydrogen) atoms. The maximum absolute atomic E-state index is 12.0. The Bertz CT molecular complexity index is 619. The van der Waals surface area contributed by atoms with Gasteiger partial charge in [-0.2, -0.15) is 0 Å². The van der Waals surface area contributed by atoms with E-state index in [1.165, 1.54) is 35.3 Å². The predicted molar refractivity (Wildman–Crippen MR) is 68.3 cm³/mol. The van der Waals surface area contributed by atoms with Gasteiger partial charge in [-0.05, 0) is 0 Å². The molecule has 0 radical (unpaired) electrons. The largest absolute Gasteiger partial charge is 0.496 e. The standard InChI is InChI=1S/C11H11N3O3S/c1-14-6-7(8(17-2)5-9(14)15)10(16)13-11-12-3-4-18-11/h3-6H,1-2H3,(H,12,13,16). The first kappa shape index (κ1) is 12.3. The van der Waals surface area contributed by atoms with Gasteiger partial charge in [-0.3, -0.25) is 14.9 Å². The number of nitrogens with zero attached hydrogens (tertiary/aromatic N) is 2. The van der Waals surface area contributed by atoms with Crippen molar-refractivity contribution in [2.75, 3.05) is 12.4 Å². The predicted octanol–water partition coefficient (Wildman–Crippen LogP) is 1.10. The topological polar surface area (TPSA) is 73.2 Å². The smallest absolute Gasteiger partial charge is 0.262 e. The molecule has 1 N–H and O–H groups in total. The Kier molecular flexibility index (Phi) is 3.42. The van der Waals surface area contributed by atoms with Gasteiger partial charge >= 0.3 is 0 Å². The van der Waals surface area contributed by atoms with E-state index in [4.69, 9.17) is 4.74 Å². The summed E-state index contributed by atoms with van der Waals surface area (Å²) >= 11 is 1.31. The molecule has 6 nitrogen and oxygen atoms in total. The fourth-order valence-corrected chi connectivity index (χ4v) is 1.93. The van der Waals surface area contributed by atoms with Crippen LogP contribution in [0.1, 0.15) is 10.4 Å². The summed E-state index contributed by atoms with van der Waals surface area (Å²) in [6.07, 6.45) is 3.03. The van der Waals surface area contributed by atoms with Crippen LogP contribution < -0.4 is 15.6 Å². The molecule has 0 bridgehead atoms. The molecule has 0 spiro atoms. The van der Waals surface area contributed by atoms with Gasteiger partial charge < -0.3 is 9.30 Å². The Labute approximate surface area is 107 Å². The number of thiazole rings is 1. The van der Waals surface area contributed by atoms with Crippen LogP contribution in [0.15, 0.2) is 28.6 Å². The first-order valence-corrected chi connectivity index (χ1v) is 5.95. The van der Waals surface area contributed by atoms with Crippen LogP contribution in [0.2, 0.25) is 0 Å². The Morgan fingerprint density at radius 2 is 2.33 bits per heavy atom. The van der Waals surface area contributed by atoms with E-state index in [0.29, 0.717) is 5.13 Å². The van der Waals surface area contributed by atoms with Gasteiger partial charge in [-0.15, -0.1) is 11.3 Å². The third-order valence-electron chi connectivity index (χ3n) is 2.31. The summed E-state index contributed by atoms with van der Waals surface area (Å²) < 4.78 is 6.35. The Hall–Kier alpha value is -2.15. The maximum Gasteiger partial charge on any atom is 0.262 e. The molecule has 2 aromatic heterocycles. The molecular formula is C11H11N3O3S. The second-order valence-corrected chi connectivity index (χ2v) is 4.39. The zero-order chi connectivity index (χ0) is 13.1. The summed E-state index contributed by atoms with van der Waals surface area (Å²) in [6.45, 7) is 0. The fraction of sp³-hybridized carbons (Fsp3) is 0.182. The van der Waals surface area contributed by atoms with Gasteiger partial charge in [-0.25, -0.2) is 4.98 Å². The Balaban J connectivity index is 2.35. The van der Waals surface area contributed by atoms with Gasteiger partial charge in [0.2, 0.25) is 0 Å². The van der Waals surface area contributed by atoms with E-state index in [9.17, 15) is 9.59 Å². The minimum Gasteiger partial charge on any atom is -0.496 e. The van der Waals surface area contributed by atoms with Crippen LogP contribution in [0.5, 0.6) is 5.75 Å². The molecule has 0 aliphatic carbocycles. The number of pyridine rings is 1. The van der Waals surface area contributed by atoms with E-state index < -0.39 is 0 Å². The summed E-state index contributed by atoms with van der Waals surface area (Å²) in [4.78, 5) is 27.4. The molecule has 0 aromatic carbocycles. The zero-order valence-corrected chi connectivity index (χ0v) is 10.7. The molecule has 0 saturated heterocycles. The molecule has 0 aliphatic rings. The molecular weight excluding hydrogens is 254 g/mol. The van der Waals surface area contributed by atoms with Crippen molar-refractivity contribution < 1.29 is 9.53 Å². The van der Waals surface area contributed by atoms with E-state index in [2.05, 4.69) is 10.3 Å². The summed E-state index contributed by atoms with van der Waals surface area (Å²) in [5.41, 5.74) is 0.0486. The highest BCUT2D eigenvalue weighted by Crippen LogP contribution is 2.18. The van der Waals surface area contributed by atoms with E-state index in [0.717, 1.165) is 0 Å². The van der Waals surface area contributed by atoms with Crippen LogP contribution in [-0.4, -0.2) is 22.6 Å². The quantitative estimate of drug-likeness (QED) is 0.902. The highest BCUT2D eigenvalue weighted by Gasteiger charge is 2.15. The SMILES string of the molecule is COc1cc(=O)n(C)cc1C(=O)Nc1nccs1. The number of aromatic nitrogens is 2. The van der Waals surface area contributed by atoms with Crippen molar-refractivity contribution >= 4 is 22.4 Å². The Morgan fingerprint density at radius 3 is 2.94 bits per heavy atom. The lowest BCUT2D eigenvalue weighted by Gasteiger charge is -2.09. The number of hydrogen-bond acceptors (Lipinski definition) is 5. The molecule has 2 rings (SSSR count). The number of rotatable bonds is 3. The molecule has 0 saturated carbocycles. The van der Waals surface area contributed by atoms with Crippen LogP contribution in [-0.2, 0) is 7.05 Å². The molecule has 1 amide bonds. The van der Waals surface area contributed by atoms with Crippen LogP contribution in [0, 0.1) is 0 Å². The van der Waals surface area contributed by atoms with E-state index in [1.807, 2.05) is 0 Å². The van der Waals surface area contributed by atoms with Gasteiger partial charge in [0, 0.05) is 30.9 Å². The van der Waals surface area contributed by atoms with Crippen LogP contribution in [0.3, 0.4) is 0 Å². The van der Waals surface area contributed by atoms with Crippen molar-refractivity contribution in [3.63, 3.8) is 0 Å². The van der Waals surface area contributed by atoms with Crippen molar-refractivity contribution in [3.05, 3.63) is 39.8 Å². The van der Waals surface area contributed by atoms with Crippen LogP contribution >= 0.6 is 11.3 Å². The molecule has 7 heteroatoms. The molecule has 0 aliphatic heterocycles. The van der Waals surface area contributed by atoms with Crippen LogP contribution in [0.4, 0.5) is 5.13 Å². The molecule has 0 fully saturated rings. The van der Waals surface area contributed by atoms with Crippen molar-refractivity contribution in [1.29, 1.82) is 0 Å². The van der Waals surface area contributed by atoms with Gasteiger partial charge in [0.25, 0.3) is 11.5 Å². The number of nitrogens with one attached hydrogen (secondary N) is 1. The van der Waals surface area contributed by atoms with E-state index >= 15 is 0 Å². The molecule has 2 heterocycles. The lowest BCUT2D eigenvalue weighted by atomic mass is 10.2. The summed E-state index contributed by atoms with van der Waals surface area (Å²) in [5.74, 6) is -0.121. The average Bonchev–Trinajstić information content (AvgIpc) is 2.84. The van der Waals surface area contributed by atoms with E-state index in [1.54, 1.807) is 18.6 Å². The summed E-state index contributed by atoms with van der Waals surface area (Å²) in [5, 5.41) is 4.89. The van der Waals surface area contributed by atoms with Crippen molar-refractivity contribution in [3.8, 4) is 5.75 Å². The van der Waals surface area contributed by atoms with Crippen LogP contribution in [0.25, 0.3) is 0 Å². The third-order valence-corrected chi connectivity index (χ3v) is 3.00. The molecule has 0 atom stereocenters. The number of carbonyl (C=O) groups is 1. The molecule has 0 unspecified atom stereocenters. The minimum atomic E-state index is -0.364. The van der Waals surface area contributed by atoms with Crippen molar-refractivity contribution in [1.82, 2.24) is 9.55 Å². The number of aryl methyl sites for hydroxylation is 1. The second-order valence-electron chi connectivity index (χ2n) is 3.50. The molecule has 94 valence electrons. The normalized spacial score (nSPS) is 10.1. The van der Waals surface area contributed by atoms with Gasteiger partial charge in [0.1, 0.15) is 5.75 Å². The minimum absolute atomic E-state index is 0.238. The van der Waals surface area contributed by atoms with Gasteiger partial charge in [0.05, 0.1) is 12.7 Å². The van der Waals surface area contributed by atoms with Crippen molar-refractivity contribution in [2.45, 2.75) is 0 Å². The van der Waals surface area contributed by atoms with Gasteiger partial charge in [-0.1, -0.05) is 0 Å². The fourth-order valence-electron chi connectivity index (χ4n) is 1.40. The third kappa shape index (κ3) is 2.40. The number of anilines is 1. The number of amides is 1. The first-order chi connectivity index (χ1) is 8.61. The number of ether oxygens (including phenoxy) is 1. The second kappa shape index (κ2) is 5.01. The maximum atomic E-state index is 12.0. The van der Waals surface area contributed by atoms with Gasteiger partial charge in [0.15, 0.2) is 5.13 Å². The lowest BCUT2D eigenvalue weighted by molar-refractivity contribution is 0.102. The number of carbonyl (C=O) groups excluding carboxylic acids is 1. The highest BCUT2D eigenvalue weighted by atomic mass is 32.1. The monoisotopic (exact) mass is 265 g/mol. The average molecular weight is 265 g/mol. The summed E-state index contributed by atoms with van der Waals surface area (Å²) in [7, 11) is 2.98. The zero-order valence-electron chi connectivity index (χ0n) is 9.84. The lowest BCUT2D eigenvalue weighted by Crippen LogP contribution is -2.21. The number of methoxy groups -OCH3 is 1. The Morgan fingerprint density at radius 1 is 1.56 bits per heavy atom. The molecule has 2 aromatic rings. The summed E-state index contributed by atoms with van der Waals surface area (Å²) in [6, 6.07) is 1.27. The first-order valence-electron chi connectivity index (χ1n) is 5.07. The van der Waals surface area contributed by atoms with E-state index in [-0.39, 0.29) is 22.8 Å².